The van der Waals surface area contributed by atoms with E-state index in [1.165, 1.54) is 10.6 Å². The molecule has 0 radical (unpaired) electrons. The molecule has 0 aliphatic carbocycles. The van der Waals surface area contributed by atoms with Crippen LogP contribution in [0.5, 0.6) is 0 Å². The minimum atomic E-state index is -0.338. The van der Waals surface area contributed by atoms with Crippen molar-refractivity contribution in [2.45, 2.75) is 0 Å². The molecule has 2 aromatic rings. The third kappa shape index (κ3) is 2.78. The zero-order valence-electron chi connectivity index (χ0n) is 9.68. The zero-order valence-corrected chi connectivity index (χ0v) is 10.4. The van der Waals surface area contributed by atoms with Crippen LogP contribution in [0.25, 0.3) is 0 Å². The summed E-state index contributed by atoms with van der Waals surface area (Å²) < 4.78 is 1.40. The van der Waals surface area contributed by atoms with Crippen LogP contribution in [0.3, 0.4) is 0 Å². The molecule has 0 saturated carbocycles. The molecular formula is C13H11ClN2O2. The van der Waals surface area contributed by atoms with Gasteiger partial charge in [-0.1, -0.05) is 17.7 Å². The van der Waals surface area contributed by atoms with Crippen LogP contribution < -0.4 is 10.9 Å². The van der Waals surface area contributed by atoms with Crippen LogP contribution in [0.1, 0.15) is 10.4 Å². The number of hydrogen-bond acceptors (Lipinski definition) is 2. The minimum Gasteiger partial charge on any atom is -0.322 e. The molecule has 0 atom stereocenters. The molecular weight excluding hydrogens is 252 g/mol. The molecule has 0 aliphatic rings. The molecule has 0 saturated heterocycles. The third-order valence-corrected chi connectivity index (χ3v) is 2.68. The Hall–Kier alpha value is -2.07. The number of carbonyl (C=O) groups excluding carboxylic acids is 1. The van der Waals surface area contributed by atoms with Gasteiger partial charge in [0, 0.05) is 35.6 Å². The van der Waals surface area contributed by atoms with E-state index in [1.807, 2.05) is 0 Å². The number of carbonyl (C=O) groups is 1. The second-order valence-electron chi connectivity index (χ2n) is 3.83. The summed E-state index contributed by atoms with van der Waals surface area (Å²) >= 11 is 5.82. The Morgan fingerprint density at radius 3 is 2.72 bits per heavy atom. The van der Waals surface area contributed by atoms with E-state index in [9.17, 15) is 9.59 Å². The average Bonchev–Trinajstić information content (AvgIpc) is 2.32. The van der Waals surface area contributed by atoms with Crippen molar-refractivity contribution in [1.29, 1.82) is 0 Å². The van der Waals surface area contributed by atoms with Gasteiger partial charge in [0.1, 0.15) is 0 Å². The standard InChI is InChI=1S/C13H11ClN2O2/c1-16-6-5-9(7-12(16)17)13(18)15-11-4-2-3-10(14)8-11/h2-8H,1H3,(H,15,18). The first-order valence-electron chi connectivity index (χ1n) is 5.30. The number of anilines is 1. The monoisotopic (exact) mass is 262 g/mol. The minimum absolute atomic E-state index is 0.228. The molecule has 1 aromatic heterocycles. The first-order valence-corrected chi connectivity index (χ1v) is 5.67. The molecule has 2 rings (SSSR count). The van der Waals surface area contributed by atoms with E-state index >= 15 is 0 Å². The quantitative estimate of drug-likeness (QED) is 0.903. The number of hydrogen-bond donors (Lipinski definition) is 1. The molecule has 1 aromatic carbocycles. The summed E-state index contributed by atoms with van der Waals surface area (Å²) in [6.45, 7) is 0. The van der Waals surface area contributed by atoms with Gasteiger partial charge < -0.3 is 9.88 Å². The first-order chi connectivity index (χ1) is 8.56. The number of nitrogens with one attached hydrogen (secondary N) is 1. The van der Waals surface area contributed by atoms with Crippen molar-refractivity contribution in [1.82, 2.24) is 4.57 Å². The number of halogens is 1. The van der Waals surface area contributed by atoms with Gasteiger partial charge in [-0.05, 0) is 24.3 Å². The van der Waals surface area contributed by atoms with Gasteiger partial charge in [0.15, 0.2) is 0 Å². The van der Waals surface area contributed by atoms with Crippen molar-refractivity contribution in [3.8, 4) is 0 Å². The maximum atomic E-state index is 11.9. The Morgan fingerprint density at radius 1 is 1.28 bits per heavy atom. The summed E-state index contributed by atoms with van der Waals surface area (Å²) in [7, 11) is 1.63. The molecule has 0 unspecified atom stereocenters. The lowest BCUT2D eigenvalue weighted by atomic mass is 10.2. The highest BCUT2D eigenvalue weighted by molar-refractivity contribution is 6.30. The molecule has 92 valence electrons. The van der Waals surface area contributed by atoms with E-state index in [2.05, 4.69) is 5.32 Å². The first kappa shape index (κ1) is 12.4. The van der Waals surface area contributed by atoms with E-state index in [-0.39, 0.29) is 11.5 Å². The van der Waals surface area contributed by atoms with Crippen LogP contribution >= 0.6 is 11.6 Å². The maximum absolute atomic E-state index is 11.9. The summed E-state index contributed by atoms with van der Waals surface area (Å²) in [5, 5.41) is 3.21. The van der Waals surface area contributed by atoms with E-state index in [4.69, 9.17) is 11.6 Å². The van der Waals surface area contributed by atoms with Gasteiger partial charge in [-0.3, -0.25) is 9.59 Å². The predicted molar refractivity (Wildman–Crippen MR) is 71.1 cm³/mol. The van der Waals surface area contributed by atoms with Crippen LogP contribution in [-0.4, -0.2) is 10.5 Å². The van der Waals surface area contributed by atoms with E-state index < -0.39 is 0 Å². The van der Waals surface area contributed by atoms with Gasteiger partial charge >= 0.3 is 0 Å². The summed E-state index contributed by atoms with van der Waals surface area (Å²) in [5.74, 6) is -0.338. The Kier molecular flexibility index (Phi) is 3.48. The predicted octanol–water partition coefficient (Wildman–Crippen LogP) is 2.29. The number of benzene rings is 1. The van der Waals surface area contributed by atoms with Crippen molar-refractivity contribution in [3.63, 3.8) is 0 Å². The lowest BCUT2D eigenvalue weighted by Crippen LogP contribution is -2.19. The van der Waals surface area contributed by atoms with Crippen LogP contribution in [0.4, 0.5) is 5.69 Å². The largest absolute Gasteiger partial charge is 0.322 e. The molecule has 1 heterocycles. The summed E-state index contributed by atoms with van der Waals surface area (Å²) in [5.41, 5.74) is 0.681. The molecule has 0 bridgehead atoms. The van der Waals surface area contributed by atoms with Crippen LogP contribution in [-0.2, 0) is 7.05 Å². The zero-order chi connectivity index (χ0) is 13.1. The molecule has 0 fully saturated rings. The maximum Gasteiger partial charge on any atom is 0.255 e. The number of aromatic nitrogens is 1. The van der Waals surface area contributed by atoms with Crippen LogP contribution in [0.15, 0.2) is 47.4 Å². The number of pyridine rings is 1. The van der Waals surface area contributed by atoms with E-state index in [1.54, 1.807) is 43.6 Å². The Labute approximate surface area is 109 Å². The molecule has 0 spiro atoms. The number of aryl methyl sites for hydroxylation is 1. The second kappa shape index (κ2) is 5.06. The van der Waals surface area contributed by atoms with Crippen LogP contribution in [0, 0.1) is 0 Å². The molecule has 0 aliphatic heterocycles. The van der Waals surface area contributed by atoms with Crippen molar-refractivity contribution in [3.05, 3.63) is 63.5 Å². The summed E-state index contributed by atoms with van der Waals surface area (Å²) in [6.07, 6.45) is 1.55. The molecule has 18 heavy (non-hydrogen) atoms. The molecule has 1 N–H and O–H groups in total. The van der Waals surface area contributed by atoms with Gasteiger partial charge in [-0.15, -0.1) is 0 Å². The topological polar surface area (TPSA) is 51.1 Å². The molecule has 4 nitrogen and oxygen atoms in total. The highest BCUT2D eigenvalue weighted by Crippen LogP contribution is 2.15. The van der Waals surface area contributed by atoms with Crippen molar-refractivity contribution >= 4 is 23.2 Å². The van der Waals surface area contributed by atoms with Gasteiger partial charge in [-0.25, -0.2) is 0 Å². The number of nitrogens with zero attached hydrogens (tertiary/aromatic N) is 1. The third-order valence-electron chi connectivity index (χ3n) is 2.45. The van der Waals surface area contributed by atoms with E-state index in [0.717, 1.165) is 0 Å². The fourth-order valence-electron chi connectivity index (χ4n) is 1.46. The fraction of sp³-hybridized carbons (Fsp3) is 0.0769. The highest BCUT2D eigenvalue weighted by Gasteiger charge is 2.07. The van der Waals surface area contributed by atoms with Crippen molar-refractivity contribution in [2.75, 3.05) is 5.32 Å². The lowest BCUT2D eigenvalue weighted by molar-refractivity contribution is 0.102. The van der Waals surface area contributed by atoms with Crippen molar-refractivity contribution in [2.24, 2.45) is 7.05 Å². The smallest absolute Gasteiger partial charge is 0.255 e. The SMILES string of the molecule is Cn1ccc(C(=O)Nc2cccc(Cl)c2)cc1=O. The van der Waals surface area contributed by atoms with Gasteiger partial charge in [0.05, 0.1) is 0 Å². The Balaban J connectivity index is 2.22. The number of amides is 1. The van der Waals surface area contributed by atoms with E-state index in [0.29, 0.717) is 16.3 Å². The highest BCUT2D eigenvalue weighted by atomic mass is 35.5. The lowest BCUT2D eigenvalue weighted by Gasteiger charge is -2.05. The summed E-state index contributed by atoms with van der Waals surface area (Å²) in [6, 6.07) is 9.70. The van der Waals surface area contributed by atoms with Gasteiger partial charge in [0.25, 0.3) is 11.5 Å². The second-order valence-corrected chi connectivity index (χ2v) is 4.27. The normalized spacial score (nSPS) is 10.1. The Morgan fingerprint density at radius 2 is 2.06 bits per heavy atom. The number of rotatable bonds is 2. The average molecular weight is 263 g/mol. The van der Waals surface area contributed by atoms with Gasteiger partial charge in [0.2, 0.25) is 0 Å². The van der Waals surface area contributed by atoms with Crippen molar-refractivity contribution < 1.29 is 4.79 Å². The molecule has 1 amide bonds. The van der Waals surface area contributed by atoms with Gasteiger partial charge in [-0.2, -0.15) is 0 Å². The Bertz CT molecular complexity index is 649. The fourth-order valence-corrected chi connectivity index (χ4v) is 1.65. The van der Waals surface area contributed by atoms with Crippen LogP contribution in [0.2, 0.25) is 5.02 Å². The summed E-state index contributed by atoms with van der Waals surface area (Å²) in [4.78, 5) is 23.3. The molecule has 5 heteroatoms.